The van der Waals surface area contributed by atoms with Crippen LogP contribution in [0.25, 0.3) is 11.0 Å². The zero-order valence-corrected chi connectivity index (χ0v) is 21.7. The molecular formula is C24H14Br3NO5. The van der Waals surface area contributed by atoms with Gasteiger partial charge in [0.25, 0.3) is 5.91 Å². The number of phenolic OH excluding ortho intramolecular Hbond substituents is 1. The lowest BCUT2D eigenvalue weighted by Gasteiger charge is -2.26. The number of benzene rings is 3. The van der Waals surface area contributed by atoms with E-state index in [9.17, 15) is 14.7 Å². The van der Waals surface area contributed by atoms with E-state index in [0.29, 0.717) is 26.7 Å². The summed E-state index contributed by atoms with van der Waals surface area (Å²) in [7, 11) is 1.44. The number of nitrogens with zero attached hydrogens (tertiary/aromatic N) is 1. The third-order valence-corrected chi connectivity index (χ3v) is 7.10. The lowest BCUT2D eigenvalue weighted by Crippen LogP contribution is -2.29. The van der Waals surface area contributed by atoms with Gasteiger partial charge in [-0.1, -0.05) is 37.9 Å². The Morgan fingerprint density at radius 1 is 1.00 bits per heavy atom. The van der Waals surface area contributed by atoms with E-state index in [1.54, 1.807) is 42.5 Å². The third-order valence-electron chi connectivity index (χ3n) is 5.50. The molecule has 2 heterocycles. The fraction of sp³-hybridized carbons (Fsp3) is 0.0833. The van der Waals surface area contributed by atoms with Crippen LogP contribution in [0.3, 0.4) is 0 Å². The molecule has 1 atom stereocenters. The number of halogens is 3. The number of anilines is 1. The number of phenols is 1. The standard InChI is InChI=1S/C24H14Br3NO5/c1-32-18-8-11(7-16(27)22(18)30)20-19-21(29)15-10-13(26)5-6-17(15)33-23(19)24(31)28(20)14-4-2-3-12(25)9-14/h2-10,20,30H,1H3. The molecule has 9 heteroatoms. The van der Waals surface area contributed by atoms with Crippen LogP contribution in [0.5, 0.6) is 11.5 Å². The van der Waals surface area contributed by atoms with Gasteiger partial charge < -0.3 is 14.3 Å². The smallest absolute Gasteiger partial charge is 0.295 e. The summed E-state index contributed by atoms with van der Waals surface area (Å²) in [5.74, 6) is -0.308. The quantitative estimate of drug-likeness (QED) is 0.276. The molecule has 33 heavy (non-hydrogen) atoms. The highest BCUT2D eigenvalue weighted by Gasteiger charge is 2.44. The lowest BCUT2D eigenvalue weighted by atomic mass is 9.97. The summed E-state index contributed by atoms with van der Waals surface area (Å²) in [5, 5.41) is 10.7. The summed E-state index contributed by atoms with van der Waals surface area (Å²) in [4.78, 5) is 28.8. The Hall–Kier alpha value is -2.62. The van der Waals surface area contributed by atoms with Gasteiger partial charge in [0.2, 0.25) is 5.76 Å². The van der Waals surface area contributed by atoms with Crippen molar-refractivity contribution in [2.45, 2.75) is 6.04 Å². The monoisotopic (exact) mass is 633 g/mol. The van der Waals surface area contributed by atoms with Gasteiger partial charge in [0.05, 0.1) is 28.6 Å². The molecule has 0 radical (unpaired) electrons. The number of fused-ring (bicyclic) bond motifs is 2. The number of aromatic hydroxyl groups is 1. The fourth-order valence-corrected chi connectivity index (χ4v) is 5.27. The second-order valence-corrected chi connectivity index (χ2v) is 10.1. The number of hydrogen-bond acceptors (Lipinski definition) is 5. The van der Waals surface area contributed by atoms with Crippen molar-refractivity contribution in [2.24, 2.45) is 0 Å². The van der Waals surface area contributed by atoms with Crippen molar-refractivity contribution in [3.63, 3.8) is 0 Å². The predicted octanol–water partition coefficient (Wildman–Crippen LogP) is 6.54. The van der Waals surface area contributed by atoms with Gasteiger partial charge in [0.15, 0.2) is 16.9 Å². The molecule has 0 fully saturated rings. The normalized spacial score (nSPS) is 15.2. The van der Waals surface area contributed by atoms with E-state index in [0.717, 1.165) is 8.95 Å². The maximum atomic E-state index is 13.7. The zero-order chi connectivity index (χ0) is 23.4. The lowest BCUT2D eigenvalue weighted by molar-refractivity contribution is 0.0971. The van der Waals surface area contributed by atoms with Crippen molar-refractivity contribution in [1.82, 2.24) is 0 Å². The maximum absolute atomic E-state index is 13.7. The van der Waals surface area contributed by atoms with Crippen LogP contribution in [0.4, 0.5) is 5.69 Å². The van der Waals surface area contributed by atoms with Gasteiger partial charge in [-0.25, -0.2) is 0 Å². The summed E-state index contributed by atoms with van der Waals surface area (Å²) in [6.45, 7) is 0. The van der Waals surface area contributed by atoms with Gasteiger partial charge in [-0.2, -0.15) is 0 Å². The van der Waals surface area contributed by atoms with E-state index in [1.807, 2.05) is 12.1 Å². The molecule has 5 rings (SSSR count). The average Bonchev–Trinajstić information content (AvgIpc) is 3.08. The van der Waals surface area contributed by atoms with E-state index in [1.165, 1.54) is 12.0 Å². The Morgan fingerprint density at radius 3 is 2.48 bits per heavy atom. The molecule has 0 spiro atoms. The number of hydrogen-bond donors (Lipinski definition) is 1. The third kappa shape index (κ3) is 3.59. The Labute approximate surface area is 213 Å². The highest BCUT2D eigenvalue weighted by molar-refractivity contribution is 9.11. The second-order valence-electron chi connectivity index (χ2n) is 7.43. The number of carbonyl (C=O) groups is 1. The minimum absolute atomic E-state index is 0.0111. The van der Waals surface area contributed by atoms with Crippen molar-refractivity contribution >= 4 is 70.4 Å². The van der Waals surface area contributed by atoms with Gasteiger partial charge >= 0.3 is 0 Å². The van der Waals surface area contributed by atoms with Crippen molar-refractivity contribution in [2.75, 3.05) is 12.0 Å². The van der Waals surface area contributed by atoms with Gasteiger partial charge in [0.1, 0.15) is 5.58 Å². The average molecular weight is 636 g/mol. The minimum Gasteiger partial charge on any atom is -0.503 e. The van der Waals surface area contributed by atoms with Gasteiger partial charge in [-0.05, 0) is 70.0 Å². The zero-order valence-electron chi connectivity index (χ0n) is 16.9. The van der Waals surface area contributed by atoms with Crippen LogP contribution in [0.2, 0.25) is 0 Å². The van der Waals surface area contributed by atoms with E-state index in [4.69, 9.17) is 9.15 Å². The van der Waals surface area contributed by atoms with Crippen LogP contribution in [-0.4, -0.2) is 18.1 Å². The van der Waals surface area contributed by atoms with E-state index < -0.39 is 11.9 Å². The Bertz CT molecular complexity index is 1510. The molecule has 0 saturated heterocycles. The Morgan fingerprint density at radius 2 is 1.76 bits per heavy atom. The minimum atomic E-state index is -0.799. The van der Waals surface area contributed by atoms with Crippen LogP contribution in [0.15, 0.2) is 77.2 Å². The SMILES string of the molecule is COc1cc(C2c3c(oc4ccc(Br)cc4c3=O)C(=O)N2c2cccc(Br)c2)cc(Br)c1O. The highest BCUT2D eigenvalue weighted by atomic mass is 79.9. The molecular weight excluding hydrogens is 622 g/mol. The Balaban J connectivity index is 1.85. The van der Waals surface area contributed by atoms with Crippen LogP contribution >= 0.6 is 47.8 Å². The van der Waals surface area contributed by atoms with Crippen LogP contribution in [0, 0.1) is 0 Å². The molecule has 0 aliphatic carbocycles. The first-order valence-electron chi connectivity index (χ1n) is 9.72. The molecule has 1 unspecified atom stereocenters. The van der Waals surface area contributed by atoms with Crippen molar-refractivity contribution < 1.29 is 19.1 Å². The highest BCUT2D eigenvalue weighted by Crippen LogP contribution is 2.45. The van der Waals surface area contributed by atoms with Gasteiger partial charge in [-0.15, -0.1) is 0 Å². The van der Waals surface area contributed by atoms with E-state index in [-0.39, 0.29) is 28.3 Å². The summed E-state index contributed by atoms with van der Waals surface area (Å²) in [5.41, 5.74) is 1.41. The molecule has 1 aliphatic heterocycles. The summed E-state index contributed by atoms with van der Waals surface area (Å²) in [6, 6.07) is 14.8. The van der Waals surface area contributed by atoms with Crippen molar-refractivity contribution in [3.05, 3.63) is 95.1 Å². The van der Waals surface area contributed by atoms with Crippen LogP contribution < -0.4 is 15.1 Å². The van der Waals surface area contributed by atoms with E-state index >= 15 is 0 Å². The molecule has 0 saturated carbocycles. The topological polar surface area (TPSA) is 80.0 Å². The molecule has 3 aromatic carbocycles. The maximum Gasteiger partial charge on any atom is 0.295 e. The first-order chi connectivity index (χ1) is 15.8. The first kappa shape index (κ1) is 22.2. The molecule has 1 aliphatic rings. The van der Waals surface area contributed by atoms with Crippen molar-refractivity contribution in [1.29, 1.82) is 0 Å². The van der Waals surface area contributed by atoms with Gasteiger partial charge in [0, 0.05) is 14.6 Å². The summed E-state index contributed by atoms with van der Waals surface area (Å²) < 4.78 is 13.2. The molecule has 1 aromatic heterocycles. The number of amides is 1. The predicted molar refractivity (Wildman–Crippen MR) is 135 cm³/mol. The fourth-order valence-electron chi connectivity index (χ4n) is 4.06. The molecule has 0 bridgehead atoms. The van der Waals surface area contributed by atoms with Crippen molar-refractivity contribution in [3.8, 4) is 11.5 Å². The molecule has 166 valence electrons. The van der Waals surface area contributed by atoms with Crippen LogP contribution in [-0.2, 0) is 0 Å². The molecule has 4 aromatic rings. The molecule has 1 amide bonds. The summed E-state index contributed by atoms with van der Waals surface area (Å²) >= 11 is 10.2. The molecule has 1 N–H and O–H groups in total. The van der Waals surface area contributed by atoms with Gasteiger partial charge in [-0.3, -0.25) is 14.5 Å². The summed E-state index contributed by atoms with van der Waals surface area (Å²) in [6.07, 6.45) is 0. The van der Waals surface area contributed by atoms with Crippen LogP contribution in [0.1, 0.15) is 27.7 Å². The second kappa shape index (κ2) is 8.30. The number of methoxy groups -OCH3 is 1. The molecule has 6 nitrogen and oxygen atoms in total. The van der Waals surface area contributed by atoms with E-state index in [2.05, 4.69) is 47.8 Å². The first-order valence-corrected chi connectivity index (χ1v) is 12.1. The number of carbonyl (C=O) groups excluding carboxylic acids is 1. The number of rotatable bonds is 3. The number of ether oxygens (including phenoxy) is 1. The Kier molecular flexibility index (Phi) is 5.58. The largest absolute Gasteiger partial charge is 0.503 e.